The molecular formula is C67H42N4. The Morgan fingerprint density at radius 2 is 1.10 bits per heavy atom. The summed E-state index contributed by atoms with van der Waals surface area (Å²) in [6.45, 7) is 2.29. The fraction of sp³-hybridized carbons (Fsp3) is 0.0448. The Kier molecular flexibility index (Phi) is 9.27. The number of nitrogens with zero attached hydrogens (tertiary/aromatic N) is 4. The Hall–Kier alpha value is -9.30. The number of allylic oxidation sites excluding steroid dienone is 4. The van der Waals surface area contributed by atoms with E-state index in [1.54, 1.807) is 0 Å². The van der Waals surface area contributed by atoms with Gasteiger partial charge in [-0.2, -0.15) is 0 Å². The third-order valence-electron chi connectivity index (χ3n) is 14.8. The van der Waals surface area contributed by atoms with Crippen molar-refractivity contribution in [2.45, 2.75) is 12.8 Å². The van der Waals surface area contributed by atoms with Crippen LogP contribution in [-0.4, -0.2) is 20.7 Å². The van der Waals surface area contributed by atoms with Crippen LogP contribution in [0.2, 0.25) is 0 Å². The molecule has 0 amide bonds. The van der Waals surface area contributed by atoms with Crippen LogP contribution in [0.1, 0.15) is 24.0 Å². The van der Waals surface area contributed by atoms with Crippen LogP contribution >= 0.6 is 0 Å². The van der Waals surface area contributed by atoms with E-state index in [-0.39, 0.29) is 11.3 Å². The van der Waals surface area contributed by atoms with Crippen molar-refractivity contribution in [3.63, 3.8) is 0 Å². The Morgan fingerprint density at radius 3 is 1.83 bits per heavy atom. The van der Waals surface area contributed by atoms with Gasteiger partial charge in [-0.15, -0.1) is 0 Å². The lowest BCUT2D eigenvalue weighted by Crippen LogP contribution is -2.35. The van der Waals surface area contributed by atoms with Crippen LogP contribution in [0.15, 0.2) is 236 Å². The molecule has 1 aliphatic heterocycles. The van der Waals surface area contributed by atoms with Gasteiger partial charge in [0.15, 0.2) is 5.82 Å². The number of pyridine rings is 1. The molecule has 14 rings (SSSR count). The van der Waals surface area contributed by atoms with Gasteiger partial charge in [-0.05, 0) is 123 Å². The number of aliphatic imine (C=N–C) groups is 1. The molecule has 12 aromatic rings. The SMILES string of the molecule is CC12C=CC=CC1=Nc1c#cccc1C2c1ccc(-c2nc(-c3ccc(-c4c5ccccc5nc5ccccc45)cc3)c3cc(-c4ccc5ccccc5c4)cc(-c4ccc5ccccc5c4)c3n2)cc1. The summed E-state index contributed by atoms with van der Waals surface area (Å²) in [5.74, 6) is 0.691. The van der Waals surface area contributed by atoms with Gasteiger partial charge in [0, 0.05) is 49.7 Å². The molecule has 10 aromatic carbocycles. The highest BCUT2D eigenvalue weighted by molar-refractivity contribution is 6.11. The van der Waals surface area contributed by atoms with Gasteiger partial charge in [0.25, 0.3) is 0 Å². The van der Waals surface area contributed by atoms with Crippen LogP contribution < -0.4 is 0 Å². The maximum absolute atomic E-state index is 5.60. The van der Waals surface area contributed by atoms with Crippen molar-refractivity contribution in [2.24, 2.45) is 10.4 Å². The molecule has 2 unspecified atom stereocenters. The van der Waals surface area contributed by atoms with E-state index in [0.29, 0.717) is 5.82 Å². The first-order chi connectivity index (χ1) is 35.0. The number of rotatable bonds is 6. The van der Waals surface area contributed by atoms with Crippen molar-refractivity contribution in [1.82, 2.24) is 15.0 Å². The Labute approximate surface area is 411 Å². The number of hydrogen-bond donors (Lipinski definition) is 0. The molecule has 2 atom stereocenters. The molecule has 0 saturated heterocycles. The first-order valence-electron chi connectivity index (χ1n) is 24.2. The average molecular weight is 903 g/mol. The van der Waals surface area contributed by atoms with Crippen molar-refractivity contribution in [3.05, 3.63) is 254 Å². The summed E-state index contributed by atoms with van der Waals surface area (Å²) in [4.78, 5) is 21.3. The van der Waals surface area contributed by atoms with Gasteiger partial charge in [0.2, 0.25) is 0 Å². The fourth-order valence-electron chi connectivity index (χ4n) is 11.2. The number of benzene rings is 9. The van der Waals surface area contributed by atoms with Crippen LogP contribution in [0, 0.1) is 17.5 Å². The largest absolute Gasteiger partial charge is 0.248 e. The minimum atomic E-state index is -0.330. The third-order valence-corrected chi connectivity index (χ3v) is 14.8. The molecule has 0 N–H and O–H groups in total. The summed E-state index contributed by atoms with van der Waals surface area (Å²) in [6, 6.07) is 80.5. The standard InChI is InChI=1S/C67H42N4/c1-67-37-13-12-24-61(67)69-60-23-11-8-20-55(60)63(67)45-29-33-47(34-30-45)66-70-64(46-31-27-44(28-32-46)62-53-18-6-9-21-58(53)68-59-22-10-7-19-54(59)62)57-41-52(50-35-25-42-14-2-4-16-48(42)38-50)40-56(65(57)71-66)51-36-26-43-15-3-5-17-49(43)39-51/h2-10,12-22,24-41,63H,1H3. The zero-order valence-electron chi connectivity index (χ0n) is 38.8. The lowest BCUT2D eigenvalue weighted by molar-refractivity contribution is 0.509. The zero-order chi connectivity index (χ0) is 47.0. The zero-order valence-corrected chi connectivity index (χ0v) is 38.8. The molecule has 0 spiro atoms. The first-order valence-corrected chi connectivity index (χ1v) is 24.2. The molecule has 3 heterocycles. The van der Waals surface area contributed by atoms with Crippen LogP contribution in [0.25, 0.3) is 110 Å². The second-order valence-electron chi connectivity index (χ2n) is 19.0. The summed E-state index contributed by atoms with van der Waals surface area (Å²) < 4.78 is 0. The molecule has 2 aliphatic rings. The van der Waals surface area contributed by atoms with E-state index in [9.17, 15) is 0 Å². The molecule has 4 nitrogen and oxygen atoms in total. The van der Waals surface area contributed by atoms with E-state index < -0.39 is 0 Å². The smallest absolute Gasteiger partial charge is 0.160 e. The molecule has 1 aliphatic carbocycles. The Bertz CT molecular complexity index is 4190. The van der Waals surface area contributed by atoms with Gasteiger partial charge in [0.1, 0.15) is 5.69 Å². The predicted octanol–water partition coefficient (Wildman–Crippen LogP) is 16.9. The summed E-state index contributed by atoms with van der Waals surface area (Å²) in [7, 11) is 0. The highest BCUT2D eigenvalue weighted by atomic mass is 14.9. The highest BCUT2D eigenvalue weighted by Gasteiger charge is 2.42. The van der Waals surface area contributed by atoms with Gasteiger partial charge in [-0.25, -0.2) is 19.9 Å². The minimum Gasteiger partial charge on any atom is -0.248 e. The van der Waals surface area contributed by atoms with Gasteiger partial charge in [-0.3, -0.25) is 0 Å². The molecule has 0 bridgehead atoms. The van der Waals surface area contributed by atoms with E-state index in [4.69, 9.17) is 19.9 Å². The Balaban J connectivity index is 0.988. The quantitative estimate of drug-likeness (QED) is 0.156. The summed E-state index contributed by atoms with van der Waals surface area (Å²) in [6.07, 6.45) is 8.62. The average Bonchev–Trinajstić information content (AvgIpc) is 3.43. The second kappa shape index (κ2) is 16.2. The normalized spacial score (nSPS) is 16.0. The molecule has 71 heavy (non-hydrogen) atoms. The van der Waals surface area contributed by atoms with Crippen molar-refractivity contribution < 1.29 is 0 Å². The number of para-hydroxylation sites is 2. The van der Waals surface area contributed by atoms with E-state index in [2.05, 4.69) is 244 Å². The molecule has 330 valence electrons. The Morgan fingerprint density at radius 1 is 0.479 bits per heavy atom. The minimum absolute atomic E-state index is 0.0281. The lowest BCUT2D eigenvalue weighted by atomic mass is 9.64. The lowest BCUT2D eigenvalue weighted by Gasteiger charge is -2.40. The van der Waals surface area contributed by atoms with E-state index in [1.165, 1.54) is 32.7 Å². The number of fused-ring (bicyclic) bond motifs is 7. The second-order valence-corrected chi connectivity index (χ2v) is 19.0. The topological polar surface area (TPSA) is 51.0 Å². The van der Waals surface area contributed by atoms with Crippen molar-refractivity contribution in [3.8, 4) is 56.0 Å². The molecule has 2 aromatic heterocycles. The fourth-order valence-corrected chi connectivity index (χ4v) is 11.2. The van der Waals surface area contributed by atoms with Crippen LogP contribution in [0.4, 0.5) is 5.69 Å². The summed E-state index contributed by atoms with van der Waals surface area (Å²) in [5.41, 5.74) is 16.2. The van der Waals surface area contributed by atoms with E-state index in [0.717, 1.165) is 94.3 Å². The number of aromatic nitrogens is 3. The summed E-state index contributed by atoms with van der Waals surface area (Å²) in [5, 5.41) is 8.01. The van der Waals surface area contributed by atoms with Crippen LogP contribution in [0.5, 0.6) is 0 Å². The predicted molar refractivity (Wildman–Crippen MR) is 294 cm³/mol. The molecule has 4 heteroatoms. The maximum atomic E-state index is 5.60. The van der Waals surface area contributed by atoms with E-state index >= 15 is 0 Å². The van der Waals surface area contributed by atoms with Crippen molar-refractivity contribution in [2.75, 3.05) is 0 Å². The van der Waals surface area contributed by atoms with E-state index in [1.807, 2.05) is 6.07 Å². The molecular weight excluding hydrogens is 861 g/mol. The van der Waals surface area contributed by atoms with Gasteiger partial charge < -0.3 is 0 Å². The van der Waals surface area contributed by atoms with Gasteiger partial charge in [0.05, 0.1) is 28.0 Å². The van der Waals surface area contributed by atoms with Gasteiger partial charge >= 0.3 is 0 Å². The number of hydrogen-bond acceptors (Lipinski definition) is 4. The monoisotopic (exact) mass is 902 g/mol. The molecule has 0 fully saturated rings. The molecule has 0 radical (unpaired) electrons. The maximum Gasteiger partial charge on any atom is 0.160 e. The molecule has 0 saturated carbocycles. The van der Waals surface area contributed by atoms with Gasteiger partial charge in [-0.1, -0.05) is 182 Å². The highest BCUT2D eigenvalue weighted by Crippen LogP contribution is 2.51. The third kappa shape index (κ3) is 6.78. The van der Waals surface area contributed by atoms with Crippen molar-refractivity contribution >= 4 is 65.7 Å². The van der Waals surface area contributed by atoms with Crippen LogP contribution in [0.3, 0.4) is 0 Å². The summed E-state index contributed by atoms with van der Waals surface area (Å²) >= 11 is 0. The van der Waals surface area contributed by atoms with Crippen LogP contribution in [-0.2, 0) is 0 Å². The first kappa shape index (κ1) is 40.7. The van der Waals surface area contributed by atoms with Crippen molar-refractivity contribution in [1.29, 1.82) is 0 Å².